The molecule has 2 rings (SSSR count). The van der Waals surface area contributed by atoms with E-state index in [1.54, 1.807) is 0 Å². The normalized spacial score (nSPS) is 10.2. The van der Waals surface area contributed by atoms with Crippen molar-refractivity contribution >= 4 is 0 Å². The van der Waals surface area contributed by atoms with E-state index in [9.17, 15) is 0 Å². The van der Waals surface area contributed by atoms with Gasteiger partial charge in [0, 0.05) is 6.54 Å². The van der Waals surface area contributed by atoms with Crippen molar-refractivity contribution in [3.8, 4) is 5.75 Å². The first-order valence-corrected chi connectivity index (χ1v) is 5.76. The standard InChI is InChI=1S/C15H17NO/c1-12-6-2-5-9-15(12)17-11-14-8-4-3-7-13(14)10-16/h2-9H,10-11,16H2,1H3. The summed E-state index contributed by atoms with van der Waals surface area (Å²) < 4.78 is 5.81. The van der Waals surface area contributed by atoms with Crippen LogP contribution >= 0.6 is 0 Å². The molecule has 0 aromatic heterocycles. The Bertz CT molecular complexity index is 494. The monoisotopic (exact) mass is 227 g/mol. The number of ether oxygens (including phenoxy) is 1. The number of benzene rings is 2. The van der Waals surface area contributed by atoms with Crippen molar-refractivity contribution < 1.29 is 4.74 Å². The fourth-order valence-electron chi connectivity index (χ4n) is 1.77. The zero-order valence-corrected chi connectivity index (χ0v) is 10.0. The smallest absolute Gasteiger partial charge is 0.122 e. The van der Waals surface area contributed by atoms with E-state index in [1.165, 1.54) is 0 Å². The first-order valence-electron chi connectivity index (χ1n) is 5.76. The average molecular weight is 227 g/mol. The molecule has 0 atom stereocenters. The van der Waals surface area contributed by atoms with Gasteiger partial charge in [-0.2, -0.15) is 0 Å². The van der Waals surface area contributed by atoms with Gasteiger partial charge in [0.2, 0.25) is 0 Å². The summed E-state index contributed by atoms with van der Waals surface area (Å²) >= 11 is 0. The van der Waals surface area contributed by atoms with Crippen LogP contribution < -0.4 is 10.5 Å². The number of para-hydroxylation sites is 1. The summed E-state index contributed by atoms with van der Waals surface area (Å²) in [5.41, 5.74) is 9.14. The molecule has 2 nitrogen and oxygen atoms in total. The van der Waals surface area contributed by atoms with Crippen LogP contribution in [0.4, 0.5) is 0 Å². The maximum absolute atomic E-state index is 5.81. The predicted molar refractivity (Wildman–Crippen MR) is 69.8 cm³/mol. The number of nitrogens with two attached hydrogens (primary N) is 1. The zero-order valence-electron chi connectivity index (χ0n) is 10.0. The highest BCUT2D eigenvalue weighted by molar-refractivity contribution is 5.33. The van der Waals surface area contributed by atoms with E-state index in [4.69, 9.17) is 10.5 Å². The Kier molecular flexibility index (Phi) is 3.78. The summed E-state index contributed by atoms with van der Waals surface area (Å²) in [5, 5.41) is 0. The summed E-state index contributed by atoms with van der Waals surface area (Å²) in [5.74, 6) is 0.930. The van der Waals surface area contributed by atoms with Crippen molar-refractivity contribution in [1.82, 2.24) is 0 Å². The molecular formula is C15H17NO. The fourth-order valence-corrected chi connectivity index (χ4v) is 1.77. The largest absolute Gasteiger partial charge is 0.489 e. The van der Waals surface area contributed by atoms with Gasteiger partial charge in [0.25, 0.3) is 0 Å². The molecule has 0 saturated heterocycles. The summed E-state index contributed by atoms with van der Waals surface area (Å²) in [6.45, 7) is 3.16. The highest BCUT2D eigenvalue weighted by atomic mass is 16.5. The third-order valence-electron chi connectivity index (χ3n) is 2.82. The Balaban J connectivity index is 2.10. The Morgan fingerprint density at radius 1 is 0.941 bits per heavy atom. The summed E-state index contributed by atoms with van der Waals surface area (Å²) in [6.07, 6.45) is 0. The van der Waals surface area contributed by atoms with Gasteiger partial charge >= 0.3 is 0 Å². The maximum Gasteiger partial charge on any atom is 0.122 e. The molecule has 0 radical (unpaired) electrons. The van der Waals surface area contributed by atoms with E-state index < -0.39 is 0 Å². The highest BCUT2D eigenvalue weighted by Gasteiger charge is 2.02. The molecule has 0 aliphatic rings. The number of hydrogen-bond donors (Lipinski definition) is 1. The van der Waals surface area contributed by atoms with Gasteiger partial charge in [0.1, 0.15) is 12.4 Å². The minimum Gasteiger partial charge on any atom is -0.489 e. The summed E-state index contributed by atoms with van der Waals surface area (Å²) in [7, 11) is 0. The Morgan fingerprint density at radius 3 is 2.29 bits per heavy atom. The Morgan fingerprint density at radius 2 is 1.59 bits per heavy atom. The van der Waals surface area contributed by atoms with Gasteiger partial charge in [-0.1, -0.05) is 42.5 Å². The zero-order chi connectivity index (χ0) is 12.1. The van der Waals surface area contributed by atoms with Crippen molar-refractivity contribution in [1.29, 1.82) is 0 Å². The van der Waals surface area contributed by atoms with Crippen LogP contribution in [0.1, 0.15) is 16.7 Å². The number of rotatable bonds is 4. The van der Waals surface area contributed by atoms with E-state index >= 15 is 0 Å². The lowest BCUT2D eigenvalue weighted by Crippen LogP contribution is -2.04. The molecule has 0 aliphatic carbocycles. The second kappa shape index (κ2) is 5.51. The lowest BCUT2D eigenvalue weighted by Gasteiger charge is -2.11. The van der Waals surface area contributed by atoms with E-state index in [0.717, 1.165) is 22.4 Å². The molecule has 0 unspecified atom stereocenters. The van der Waals surface area contributed by atoms with Crippen LogP contribution in [0.3, 0.4) is 0 Å². The molecule has 0 heterocycles. The van der Waals surface area contributed by atoms with Crippen LogP contribution in [0.25, 0.3) is 0 Å². The van der Waals surface area contributed by atoms with Crippen LogP contribution in [-0.4, -0.2) is 0 Å². The molecule has 0 aliphatic heterocycles. The van der Waals surface area contributed by atoms with Crippen molar-refractivity contribution in [2.75, 3.05) is 0 Å². The molecular weight excluding hydrogens is 210 g/mol. The van der Waals surface area contributed by atoms with E-state index in [1.807, 2.05) is 49.4 Å². The molecule has 88 valence electrons. The Labute approximate surface area is 102 Å². The number of aryl methyl sites for hydroxylation is 1. The molecule has 0 bridgehead atoms. The van der Waals surface area contributed by atoms with Gasteiger partial charge < -0.3 is 10.5 Å². The van der Waals surface area contributed by atoms with Crippen LogP contribution in [0.2, 0.25) is 0 Å². The van der Waals surface area contributed by atoms with Gasteiger partial charge in [-0.25, -0.2) is 0 Å². The van der Waals surface area contributed by atoms with Gasteiger partial charge in [0.05, 0.1) is 0 Å². The van der Waals surface area contributed by atoms with Gasteiger partial charge in [-0.05, 0) is 29.7 Å². The second-order valence-electron chi connectivity index (χ2n) is 4.03. The van der Waals surface area contributed by atoms with Crippen LogP contribution in [0.5, 0.6) is 5.75 Å². The van der Waals surface area contributed by atoms with Gasteiger partial charge in [-0.3, -0.25) is 0 Å². The van der Waals surface area contributed by atoms with Crippen LogP contribution in [0, 0.1) is 6.92 Å². The lowest BCUT2D eigenvalue weighted by molar-refractivity contribution is 0.303. The molecule has 0 amide bonds. The molecule has 0 saturated carbocycles. The van der Waals surface area contributed by atoms with Crippen molar-refractivity contribution in [3.05, 3.63) is 65.2 Å². The second-order valence-corrected chi connectivity index (χ2v) is 4.03. The first-order chi connectivity index (χ1) is 8.31. The minimum absolute atomic E-state index is 0.549. The van der Waals surface area contributed by atoms with Crippen LogP contribution in [-0.2, 0) is 13.2 Å². The van der Waals surface area contributed by atoms with Crippen molar-refractivity contribution in [2.24, 2.45) is 5.73 Å². The van der Waals surface area contributed by atoms with E-state index in [0.29, 0.717) is 13.2 Å². The third kappa shape index (κ3) is 2.86. The molecule has 0 spiro atoms. The summed E-state index contributed by atoms with van der Waals surface area (Å²) in [6, 6.07) is 16.1. The summed E-state index contributed by atoms with van der Waals surface area (Å²) in [4.78, 5) is 0. The minimum atomic E-state index is 0.549. The van der Waals surface area contributed by atoms with Crippen molar-refractivity contribution in [3.63, 3.8) is 0 Å². The molecule has 2 heteroatoms. The van der Waals surface area contributed by atoms with Gasteiger partial charge in [0.15, 0.2) is 0 Å². The molecule has 0 fully saturated rings. The molecule has 2 aromatic rings. The molecule has 17 heavy (non-hydrogen) atoms. The van der Waals surface area contributed by atoms with E-state index in [-0.39, 0.29) is 0 Å². The van der Waals surface area contributed by atoms with Crippen LogP contribution in [0.15, 0.2) is 48.5 Å². The van der Waals surface area contributed by atoms with E-state index in [2.05, 4.69) is 6.07 Å². The van der Waals surface area contributed by atoms with Crippen molar-refractivity contribution in [2.45, 2.75) is 20.1 Å². The SMILES string of the molecule is Cc1ccccc1OCc1ccccc1CN. The quantitative estimate of drug-likeness (QED) is 0.871. The number of hydrogen-bond acceptors (Lipinski definition) is 2. The Hall–Kier alpha value is -1.80. The lowest BCUT2D eigenvalue weighted by atomic mass is 10.1. The fraction of sp³-hybridized carbons (Fsp3) is 0.200. The molecule has 2 N–H and O–H groups in total. The highest BCUT2D eigenvalue weighted by Crippen LogP contribution is 2.18. The molecule has 2 aromatic carbocycles. The topological polar surface area (TPSA) is 35.2 Å². The third-order valence-corrected chi connectivity index (χ3v) is 2.82. The maximum atomic E-state index is 5.81. The van der Waals surface area contributed by atoms with Gasteiger partial charge in [-0.15, -0.1) is 0 Å². The first kappa shape index (κ1) is 11.7. The predicted octanol–water partition coefficient (Wildman–Crippen LogP) is 3.03. The average Bonchev–Trinajstić information content (AvgIpc) is 2.38.